The highest BCUT2D eigenvalue weighted by atomic mass is 14.7. The summed E-state index contributed by atoms with van der Waals surface area (Å²) in [6.07, 6.45) is 5.75. The molecule has 0 aliphatic rings. The molecule has 0 amide bonds. The molecule has 0 bridgehead atoms. The third-order valence-electron chi connectivity index (χ3n) is 0.816. The van der Waals surface area contributed by atoms with Crippen molar-refractivity contribution in [2.75, 3.05) is 0 Å². The first kappa shape index (κ1) is 7.15. The quantitative estimate of drug-likeness (QED) is 0.380. The predicted molar refractivity (Wildman–Crippen MR) is 38.1 cm³/mol. The molecule has 0 aliphatic heterocycles. The van der Waals surface area contributed by atoms with Crippen LogP contribution in [0.4, 0.5) is 0 Å². The van der Waals surface area contributed by atoms with Crippen LogP contribution >= 0.6 is 0 Å². The molecule has 0 atom stereocenters. The molecule has 0 spiro atoms. The van der Waals surface area contributed by atoms with Gasteiger partial charge >= 0.3 is 0 Å². The van der Waals surface area contributed by atoms with Crippen LogP contribution in [0.15, 0.2) is 28.9 Å². The van der Waals surface area contributed by atoms with Gasteiger partial charge < -0.3 is 0 Å². The van der Waals surface area contributed by atoms with E-state index in [1.807, 2.05) is 32.1 Å². The van der Waals surface area contributed by atoms with Crippen molar-refractivity contribution >= 4 is 6.72 Å². The van der Waals surface area contributed by atoms with E-state index < -0.39 is 0 Å². The standard InChI is InChI=1S/C7H11N/c1-4-6-7(5-2)8-3/h4-6H,3H2,1-2H3/b6-4-,7-5+. The summed E-state index contributed by atoms with van der Waals surface area (Å²) in [6, 6.07) is 0. The van der Waals surface area contributed by atoms with E-state index in [1.165, 1.54) is 0 Å². The zero-order chi connectivity index (χ0) is 6.41. The number of hydrogen-bond acceptors (Lipinski definition) is 1. The first-order chi connectivity index (χ1) is 3.85. The number of rotatable bonds is 2. The van der Waals surface area contributed by atoms with E-state index in [0.717, 1.165) is 5.70 Å². The summed E-state index contributed by atoms with van der Waals surface area (Å²) in [5, 5.41) is 0. The van der Waals surface area contributed by atoms with Crippen LogP contribution in [-0.2, 0) is 0 Å². The van der Waals surface area contributed by atoms with Gasteiger partial charge in [0.15, 0.2) is 0 Å². The van der Waals surface area contributed by atoms with Crippen LogP contribution in [0.25, 0.3) is 0 Å². The van der Waals surface area contributed by atoms with Crippen LogP contribution in [-0.4, -0.2) is 6.72 Å². The molecule has 0 aromatic heterocycles. The van der Waals surface area contributed by atoms with E-state index in [-0.39, 0.29) is 0 Å². The molecule has 0 N–H and O–H groups in total. The second-order valence-corrected chi connectivity index (χ2v) is 1.37. The van der Waals surface area contributed by atoms with Crippen LogP contribution in [0.5, 0.6) is 0 Å². The minimum Gasteiger partial charge on any atom is -0.265 e. The van der Waals surface area contributed by atoms with Gasteiger partial charge in [0.2, 0.25) is 0 Å². The summed E-state index contributed by atoms with van der Waals surface area (Å²) in [6.45, 7) is 7.27. The average Bonchev–Trinajstić information content (AvgIpc) is 1.83. The Bertz CT molecular complexity index is 120. The van der Waals surface area contributed by atoms with Gasteiger partial charge in [-0.15, -0.1) is 0 Å². The van der Waals surface area contributed by atoms with Gasteiger partial charge in [0.25, 0.3) is 0 Å². The molecule has 44 valence electrons. The van der Waals surface area contributed by atoms with Crippen LogP contribution in [0.3, 0.4) is 0 Å². The highest BCUT2D eigenvalue weighted by Gasteiger charge is 1.75. The molecular weight excluding hydrogens is 98.1 g/mol. The minimum absolute atomic E-state index is 0.924. The Morgan fingerprint density at radius 1 is 1.50 bits per heavy atom. The Labute approximate surface area is 50.4 Å². The molecule has 0 heterocycles. The van der Waals surface area contributed by atoms with Crippen molar-refractivity contribution in [3.63, 3.8) is 0 Å². The number of allylic oxidation sites excluding steroid dienone is 3. The lowest BCUT2D eigenvalue weighted by Gasteiger charge is -1.84. The van der Waals surface area contributed by atoms with E-state index in [9.17, 15) is 0 Å². The SMILES string of the molecule is C=NC(/C=C\C)=C/C. The zero-order valence-electron chi connectivity index (χ0n) is 5.39. The summed E-state index contributed by atoms with van der Waals surface area (Å²) < 4.78 is 0. The largest absolute Gasteiger partial charge is 0.265 e. The van der Waals surface area contributed by atoms with E-state index in [0.29, 0.717) is 0 Å². The maximum Gasteiger partial charge on any atom is 0.0576 e. The molecule has 0 aromatic rings. The van der Waals surface area contributed by atoms with E-state index in [1.54, 1.807) is 0 Å². The summed E-state index contributed by atoms with van der Waals surface area (Å²) >= 11 is 0. The van der Waals surface area contributed by atoms with Crippen molar-refractivity contribution in [3.05, 3.63) is 23.9 Å². The van der Waals surface area contributed by atoms with Gasteiger partial charge in [-0.25, -0.2) is 0 Å². The lowest BCUT2D eigenvalue weighted by molar-refractivity contribution is 1.40. The molecule has 1 nitrogen and oxygen atoms in total. The van der Waals surface area contributed by atoms with Gasteiger partial charge in [-0.05, 0) is 26.6 Å². The first-order valence-electron chi connectivity index (χ1n) is 2.61. The average molecular weight is 109 g/mol. The van der Waals surface area contributed by atoms with Crippen molar-refractivity contribution < 1.29 is 0 Å². The fourth-order valence-electron chi connectivity index (χ4n) is 0.411. The summed E-state index contributed by atoms with van der Waals surface area (Å²) in [5.41, 5.74) is 0.924. The van der Waals surface area contributed by atoms with Crippen molar-refractivity contribution in [1.29, 1.82) is 0 Å². The lowest BCUT2D eigenvalue weighted by Crippen LogP contribution is -1.64. The Morgan fingerprint density at radius 3 is 2.25 bits per heavy atom. The number of hydrogen-bond donors (Lipinski definition) is 0. The van der Waals surface area contributed by atoms with Gasteiger partial charge in [-0.2, -0.15) is 0 Å². The highest BCUT2D eigenvalue weighted by Crippen LogP contribution is 1.94. The van der Waals surface area contributed by atoms with Gasteiger partial charge in [-0.3, -0.25) is 4.99 Å². The second-order valence-electron chi connectivity index (χ2n) is 1.37. The summed E-state index contributed by atoms with van der Waals surface area (Å²) in [7, 11) is 0. The maximum atomic E-state index is 3.72. The fourth-order valence-corrected chi connectivity index (χ4v) is 0.411. The normalized spacial score (nSPS) is 12.5. The molecule has 0 aromatic carbocycles. The van der Waals surface area contributed by atoms with Crippen molar-refractivity contribution in [3.8, 4) is 0 Å². The van der Waals surface area contributed by atoms with Crippen molar-refractivity contribution in [1.82, 2.24) is 0 Å². The third-order valence-corrected chi connectivity index (χ3v) is 0.816. The molecule has 0 radical (unpaired) electrons. The van der Waals surface area contributed by atoms with E-state index in [4.69, 9.17) is 0 Å². The third kappa shape index (κ3) is 2.35. The Hall–Kier alpha value is -0.850. The number of aliphatic imine (C=N–C) groups is 1. The monoisotopic (exact) mass is 109 g/mol. The van der Waals surface area contributed by atoms with Crippen molar-refractivity contribution in [2.24, 2.45) is 4.99 Å². The molecule has 8 heavy (non-hydrogen) atoms. The molecule has 0 rings (SSSR count). The summed E-state index contributed by atoms with van der Waals surface area (Å²) in [5.74, 6) is 0. The minimum atomic E-state index is 0.924. The van der Waals surface area contributed by atoms with Crippen LogP contribution in [0.1, 0.15) is 13.8 Å². The lowest BCUT2D eigenvalue weighted by atomic mass is 10.4. The van der Waals surface area contributed by atoms with Crippen molar-refractivity contribution in [2.45, 2.75) is 13.8 Å². The Morgan fingerprint density at radius 2 is 2.12 bits per heavy atom. The summed E-state index contributed by atoms with van der Waals surface area (Å²) in [4.78, 5) is 3.72. The van der Waals surface area contributed by atoms with Crippen LogP contribution < -0.4 is 0 Å². The zero-order valence-corrected chi connectivity index (χ0v) is 5.39. The van der Waals surface area contributed by atoms with Gasteiger partial charge in [-0.1, -0.05) is 12.2 Å². The first-order valence-corrected chi connectivity index (χ1v) is 2.61. The predicted octanol–water partition coefficient (Wildman–Crippen LogP) is 2.17. The van der Waals surface area contributed by atoms with Crippen LogP contribution in [0, 0.1) is 0 Å². The maximum absolute atomic E-state index is 3.72. The topological polar surface area (TPSA) is 12.4 Å². The molecule has 0 saturated carbocycles. The molecular formula is C7H11N. The smallest absolute Gasteiger partial charge is 0.0576 e. The highest BCUT2D eigenvalue weighted by molar-refractivity contribution is 5.32. The molecule has 0 saturated heterocycles. The van der Waals surface area contributed by atoms with E-state index in [2.05, 4.69) is 11.7 Å². The molecule has 0 unspecified atom stereocenters. The van der Waals surface area contributed by atoms with Crippen LogP contribution in [0.2, 0.25) is 0 Å². The molecule has 0 aliphatic carbocycles. The Kier molecular flexibility index (Phi) is 3.85. The molecule has 0 fully saturated rings. The fraction of sp³-hybridized carbons (Fsp3) is 0.286. The Balaban J connectivity index is 3.91. The van der Waals surface area contributed by atoms with Gasteiger partial charge in [0.05, 0.1) is 5.70 Å². The second kappa shape index (κ2) is 4.31. The molecule has 1 heteroatoms. The van der Waals surface area contributed by atoms with Gasteiger partial charge in [0, 0.05) is 0 Å². The van der Waals surface area contributed by atoms with E-state index >= 15 is 0 Å². The van der Waals surface area contributed by atoms with Gasteiger partial charge in [0.1, 0.15) is 0 Å². The number of nitrogens with zero attached hydrogens (tertiary/aromatic N) is 1.